The Balaban J connectivity index is 2.66. The molecule has 2 nitrogen and oxygen atoms in total. The van der Waals surface area contributed by atoms with Crippen LogP contribution in [0.2, 0.25) is 0 Å². The van der Waals surface area contributed by atoms with E-state index in [1.165, 1.54) is 6.07 Å². The quantitative estimate of drug-likeness (QED) is 0.653. The monoisotopic (exact) mass is 176 g/mol. The Morgan fingerprint density at radius 1 is 1.54 bits per heavy atom. The topological polar surface area (TPSA) is 49.8 Å². The summed E-state index contributed by atoms with van der Waals surface area (Å²) in [5.74, 6) is -0.435. The molecule has 0 aromatic heterocycles. The van der Waals surface area contributed by atoms with E-state index in [0.29, 0.717) is 0 Å². The molecule has 0 saturated heterocycles. The van der Waals surface area contributed by atoms with Gasteiger partial charge in [0, 0.05) is 6.04 Å². The van der Waals surface area contributed by atoms with E-state index in [9.17, 15) is 4.39 Å². The molecule has 1 aromatic carbocycles. The van der Waals surface area contributed by atoms with E-state index in [1.54, 1.807) is 6.07 Å². The molecule has 0 fully saturated rings. The van der Waals surface area contributed by atoms with Gasteiger partial charge in [0.05, 0.1) is 5.56 Å². The van der Waals surface area contributed by atoms with Crippen molar-refractivity contribution in [2.24, 2.45) is 5.73 Å². The number of nitrogens with zero attached hydrogens (tertiary/aromatic N) is 1. The van der Waals surface area contributed by atoms with Crippen molar-refractivity contribution >= 4 is 0 Å². The molecular weight excluding hydrogens is 167 g/mol. The number of rotatable bonds is 0. The van der Waals surface area contributed by atoms with Crippen molar-refractivity contribution in [1.29, 1.82) is 5.26 Å². The molecule has 1 aliphatic carbocycles. The molecule has 0 spiro atoms. The molecule has 0 heterocycles. The lowest BCUT2D eigenvalue weighted by Crippen LogP contribution is -2.05. The van der Waals surface area contributed by atoms with Crippen LogP contribution in [-0.4, -0.2) is 0 Å². The van der Waals surface area contributed by atoms with E-state index >= 15 is 0 Å². The van der Waals surface area contributed by atoms with Crippen LogP contribution in [0.1, 0.15) is 29.2 Å². The summed E-state index contributed by atoms with van der Waals surface area (Å²) < 4.78 is 13.1. The van der Waals surface area contributed by atoms with E-state index in [-0.39, 0.29) is 11.6 Å². The van der Waals surface area contributed by atoms with E-state index in [0.717, 1.165) is 24.0 Å². The molecular formula is C10H9FN2. The van der Waals surface area contributed by atoms with Gasteiger partial charge in [0.15, 0.2) is 0 Å². The molecule has 0 amide bonds. The molecule has 13 heavy (non-hydrogen) atoms. The number of nitriles is 1. The second kappa shape index (κ2) is 2.82. The van der Waals surface area contributed by atoms with Gasteiger partial charge >= 0.3 is 0 Å². The van der Waals surface area contributed by atoms with Gasteiger partial charge in [-0.1, -0.05) is 6.07 Å². The van der Waals surface area contributed by atoms with Gasteiger partial charge in [-0.05, 0) is 30.0 Å². The fraction of sp³-hybridized carbons (Fsp3) is 0.300. The highest BCUT2D eigenvalue weighted by atomic mass is 19.1. The highest BCUT2D eigenvalue weighted by Gasteiger charge is 2.23. The number of halogens is 1. The Kier molecular flexibility index (Phi) is 1.78. The molecule has 0 bridgehead atoms. The first kappa shape index (κ1) is 8.21. The van der Waals surface area contributed by atoms with Gasteiger partial charge in [0.1, 0.15) is 11.9 Å². The Morgan fingerprint density at radius 3 is 3.00 bits per heavy atom. The predicted molar refractivity (Wildman–Crippen MR) is 46.4 cm³/mol. The average Bonchev–Trinajstić information content (AvgIpc) is 2.48. The minimum atomic E-state index is -0.435. The van der Waals surface area contributed by atoms with Crippen molar-refractivity contribution in [3.05, 3.63) is 34.6 Å². The summed E-state index contributed by atoms with van der Waals surface area (Å²) >= 11 is 0. The van der Waals surface area contributed by atoms with Gasteiger partial charge in [-0.2, -0.15) is 5.26 Å². The Bertz CT molecular complexity index is 393. The largest absolute Gasteiger partial charge is 0.324 e. The van der Waals surface area contributed by atoms with Crippen LogP contribution >= 0.6 is 0 Å². The second-order valence-corrected chi connectivity index (χ2v) is 3.25. The fourth-order valence-electron chi connectivity index (χ4n) is 1.83. The Morgan fingerprint density at radius 2 is 2.31 bits per heavy atom. The van der Waals surface area contributed by atoms with Crippen molar-refractivity contribution in [2.45, 2.75) is 18.9 Å². The fourth-order valence-corrected chi connectivity index (χ4v) is 1.83. The van der Waals surface area contributed by atoms with Crippen molar-refractivity contribution in [2.75, 3.05) is 0 Å². The number of hydrogen-bond donors (Lipinski definition) is 1. The van der Waals surface area contributed by atoms with Crippen LogP contribution < -0.4 is 5.73 Å². The minimum Gasteiger partial charge on any atom is -0.324 e. The van der Waals surface area contributed by atoms with E-state index < -0.39 is 5.82 Å². The number of hydrogen-bond acceptors (Lipinski definition) is 2. The third-order valence-corrected chi connectivity index (χ3v) is 2.51. The number of fused-ring (bicyclic) bond motifs is 1. The van der Waals surface area contributed by atoms with Gasteiger partial charge in [0.25, 0.3) is 0 Å². The zero-order valence-electron chi connectivity index (χ0n) is 7.05. The predicted octanol–water partition coefficient (Wildman–Crippen LogP) is 1.64. The zero-order valence-corrected chi connectivity index (χ0v) is 7.05. The molecule has 3 heteroatoms. The van der Waals surface area contributed by atoms with Crippen LogP contribution in [-0.2, 0) is 6.42 Å². The smallest absolute Gasteiger partial charge is 0.141 e. The molecule has 1 unspecified atom stereocenters. The molecule has 0 aliphatic heterocycles. The first-order valence-electron chi connectivity index (χ1n) is 4.21. The Hall–Kier alpha value is -1.40. The van der Waals surface area contributed by atoms with Gasteiger partial charge in [-0.25, -0.2) is 4.39 Å². The molecule has 66 valence electrons. The maximum Gasteiger partial charge on any atom is 0.141 e. The third-order valence-electron chi connectivity index (χ3n) is 2.51. The molecule has 1 atom stereocenters. The van der Waals surface area contributed by atoms with Crippen LogP contribution in [0.4, 0.5) is 4.39 Å². The van der Waals surface area contributed by atoms with Gasteiger partial charge in [-0.15, -0.1) is 0 Å². The average molecular weight is 176 g/mol. The summed E-state index contributed by atoms with van der Waals surface area (Å²) in [6, 6.07) is 4.87. The van der Waals surface area contributed by atoms with E-state index in [1.807, 2.05) is 6.07 Å². The summed E-state index contributed by atoms with van der Waals surface area (Å²) in [4.78, 5) is 0. The molecule has 0 saturated carbocycles. The van der Waals surface area contributed by atoms with Crippen molar-refractivity contribution in [1.82, 2.24) is 0 Å². The molecule has 1 aliphatic rings. The van der Waals surface area contributed by atoms with Crippen LogP contribution in [0.15, 0.2) is 12.1 Å². The van der Waals surface area contributed by atoms with Crippen molar-refractivity contribution < 1.29 is 4.39 Å². The van der Waals surface area contributed by atoms with Crippen LogP contribution in [0.3, 0.4) is 0 Å². The highest BCUT2D eigenvalue weighted by molar-refractivity contribution is 5.47. The molecule has 2 N–H and O–H groups in total. The van der Waals surface area contributed by atoms with E-state index in [4.69, 9.17) is 11.0 Å². The van der Waals surface area contributed by atoms with Crippen LogP contribution in [0.25, 0.3) is 0 Å². The second-order valence-electron chi connectivity index (χ2n) is 3.25. The van der Waals surface area contributed by atoms with Crippen LogP contribution in [0, 0.1) is 17.1 Å². The Labute approximate surface area is 75.8 Å². The van der Waals surface area contributed by atoms with Crippen LogP contribution in [0.5, 0.6) is 0 Å². The zero-order chi connectivity index (χ0) is 9.42. The lowest BCUT2D eigenvalue weighted by Gasteiger charge is -2.05. The van der Waals surface area contributed by atoms with Gasteiger partial charge < -0.3 is 5.73 Å². The van der Waals surface area contributed by atoms with Crippen molar-refractivity contribution in [3.63, 3.8) is 0 Å². The SMILES string of the molecule is N#Cc1c(F)ccc2c1CCC2N. The third kappa shape index (κ3) is 1.11. The molecule has 2 rings (SSSR count). The summed E-state index contributed by atoms with van der Waals surface area (Å²) in [6.45, 7) is 0. The van der Waals surface area contributed by atoms with E-state index in [2.05, 4.69) is 0 Å². The summed E-state index contributed by atoms with van der Waals surface area (Å²) in [6.07, 6.45) is 1.53. The maximum atomic E-state index is 13.1. The van der Waals surface area contributed by atoms with Gasteiger partial charge in [0.2, 0.25) is 0 Å². The maximum absolute atomic E-state index is 13.1. The number of benzene rings is 1. The standard InChI is InChI=1S/C10H9FN2/c11-9-3-1-7-6(8(9)5-12)2-4-10(7)13/h1,3,10H,2,4,13H2. The normalized spacial score (nSPS) is 19.6. The number of nitrogens with two attached hydrogens (primary N) is 1. The van der Waals surface area contributed by atoms with Crippen molar-refractivity contribution in [3.8, 4) is 6.07 Å². The minimum absolute atomic E-state index is 0.0253. The highest BCUT2D eigenvalue weighted by Crippen LogP contribution is 2.32. The lowest BCUT2D eigenvalue weighted by atomic mass is 10.0. The molecule has 1 aromatic rings. The summed E-state index contributed by atoms with van der Waals surface area (Å²) in [7, 11) is 0. The first-order valence-corrected chi connectivity index (χ1v) is 4.21. The molecule has 0 radical (unpaired) electrons. The summed E-state index contributed by atoms with van der Waals surface area (Å²) in [5.41, 5.74) is 7.69. The summed E-state index contributed by atoms with van der Waals surface area (Å²) in [5, 5.41) is 8.74. The van der Waals surface area contributed by atoms with Gasteiger partial charge in [-0.3, -0.25) is 0 Å². The lowest BCUT2D eigenvalue weighted by molar-refractivity contribution is 0.621. The first-order chi connectivity index (χ1) is 6.24.